The predicted octanol–water partition coefficient (Wildman–Crippen LogP) is 2.67. The van der Waals surface area contributed by atoms with Gasteiger partial charge in [-0.3, -0.25) is 0 Å². The highest BCUT2D eigenvalue weighted by Gasteiger charge is 2.22. The number of ether oxygens (including phenoxy) is 1. The lowest BCUT2D eigenvalue weighted by Gasteiger charge is -2.18. The van der Waals surface area contributed by atoms with Crippen LogP contribution in [0.25, 0.3) is 0 Å². The molecule has 0 fully saturated rings. The van der Waals surface area contributed by atoms with Crippen LogP contribution >= 0.6 is 0 Å². The lowest BCUT2D eigenvalue weighted by molar-refractivity contribution is 0.0499. The molecule has 0 radical (unpaired) electrons. The quantitative estimate of drug-likeness (QED) is 0.547. The molecule has 0 aliphatic rings. The summed E-state index contributed by atoms with van der Waals surface area (Å²) in [5.74, 6) is -0.486. The number of rotatable bonds is 8. The van der Waals surface area contributed by atoms with Gasteiger partial charge in [0.05, 0.1) is 17.1 Å². The van der Waals surface area contributed by atoms with Crippen molar-refractivity contribution in [3.63, 3.8) is 0 Å². The second kappa shape index (κ2) is 8.14. The molecule has 5 nitrogen and oxygen atoms in total. The van der Waals surface area contributed by atoms with E-state index in [9.17, 15) is 13.2 Å². The average molecular weight is 313 g/mol. The molecule has 118 valence electrons. The molecule has 0 saturated carbocycles. The molecule has 0 spiro atoms. The molecule has 0 aliphatic carbocycles. The third-order valence-electron chi connectivity index (χ3n) is 3.14. The summed E-state index contributed by atoms with van der Waals surface area (Å²) in [6.07, 6.45) is 1.73. The van der Waals surface area contributed by atoms with Crippen LogP contribution in [0.1, 0.15) is 44.0 Å². The highest BCUT2D eigenvalue weighted by Crippen LogP contribution is 2.17. The van der Waals surface area contributed by atoms with Gasteiger partial charge in [-0.2, -0.15) is 4.31 Å². The molecular weight excluding hydrogens is 290 g/mol. The van der Waals surface area contributed by atoms with Crippen LogP contribution in [0.15, 0.2) is 29.2 Å². The number of hydrogen-bond donors (Lipinski definition) is 0. The maximum Gasteiger partial charge on any atom is 0.338 e. The second-order valence-corrected chi connectivity index (χ2v) is 6.54. The Kier molecular flexibility index (Phi) is 6.84. The highest BCUT2D eigenvalue weighted by molar-refractivity contribution is 7.89. The fourth-order valence-corrected chi connectivity index (χ4v) is 3.39. The molecule has 0 aliphatic heterocycles. The molecule has 6 heteroatoms. The lowest BCUT2D eigenvalue weighted by atomic mass is 10.2. The number of esters is 1. The van der Waals surface area contributed by atoms with Crippen molar-refractivity contribution in [2.75, 3.05) is 19.7 Å². The summed E-state index contributed by atoms with van der Waals surface area (Å²) in [6.45, 7) is 6.70. The summed E-state index contributed by atoms with van der Waals surface area (Å²) in [7, 11) is -3.56. The Labute approximate surface area is 127 Å². The SMILES string of the molecule is CCCCOC(=O)c1cccc(S(=O)(=O)N(CC)CC)c1. The third-order valence-corrected chi connectivity index (χ3v) is 5.19. The minimum Gasteiger partial charge on any atom is -0.462 e. The number of sulfonamides is 1. The van der Waals surface area contributed by atoms with Crippen LogP contribution in [0.5, 0.6) is 0 Å². The molecule has 0 atom stereocenters. The Morgan fingerprint density at radius 3 is 2.43 bits per heavy atom. The van der Waals surface area contributed by atoms with Gasteiger partial charge in [-0.05, 0) is 24.6 Å². The van der Waals surface area contributed by atoms with Gasteiger partial charge in [-0.25, -0.2) is 13.2 Å². The van der Waals surface area contributed by atoms with Crippen molar-refractivity contribution in [1.82, 2.24) is 4.31 Å². The van der Waals surface area contributed by atoms with Crippen molar-refractivity contribution in [3.8, 4) is 0 Å². The first kappa shape index (κ1) is 17.7. The van der Waals surface area contributed by atoms with Crippen LogP contribution < -0.4 is 0 Å². The molecule has 21 heavy (non-hydrogen) atoms. The minimum atomic E-state index is -3.56. The summed E-state index contributed by atoms with van der Waals surface area (Å²) < 4.78 is 31.3. The van der Waals surface area contributed by atoms with Gasteiger partial charge >= 0.3 is 5.97 Å². The average Bonchev–Trinajstić information content (AvgIpc) is 2.48. The molecule has 1 aromatic carbocycles. The monoisotopic (exact) mass is 313 g/mol. The van der Waals surface area contributed by atoms with E-state index in [0.717, 1.165) is 12.8 Å². The van der Waals surface area contributed by atoms with Crippen LogP contribution in [-0.4, -0.2) is 38.4 Å². The van der Waals surface area contributed by atoms with Crippen LogP contribution in [0.2, 0.25) is 0 Å². The molecule has 0 amide bonds. The Balaban J connectivity index is 2.97. The van der Waals surface area contributed by atoms with Crippen molar-refractivity contribution < 1.29 is 17.9 Å². The van der Waals surface area contributed by atoms with Gasteiger partial charge in [0, 0.05) is 13.1 Å². The van der Waals surface area contributed by atoms with E-state index >= 15 is 0 Å². The van der Waals surface area contributed by atoms with E-state index in [1.54, 1.807) is 26.0 Å². The molecule has 1 rings (SSSR count). The zero-order valence-electron chi connectivity index (χ0n) is 12.8. The number of hydrogen-bond acceptors (Lipinski definition) is 4. The number of carbonyl (C=O) groups excluding carboxylic acids is 1. The first-order valence-electron chi connectivity index (χ1n) is 7.24. The van der Waals surface area contributed by atoms with Crippen molar-refractivity contribution in [2.45, 2.75) is 38.5 Å². The van der Waals surface area contributed by atoms with E-state index in [4.69, 9.17) is 4.74 Å². The lowest BCUT2D eigenvalue weighted by Crippen LogP contribution is -2.30. The van der Waals surface area contributed by atoms with Crippen LogP contribution in [0.3, 0.4) is 0 Å². The topological polar surface area (TPSA) is 63.7 Å². The molecule has 0 aromatic heterocycles. The fourth-order valence-electron chi connectivity index (χ4n) is 1.89. The number of benzene rings is 1. The van der Waals surface area contributed by atoms with Gasteiger partial charge in [0.1, 0.15) is 0 Å². The second-order valence-electron chi connectivity index (χ2n) is 4.61. The first-order chi connectivity index (χ1) is 9.97. The van der Waals surface area contributed by atoms with E-state index in [2.05, 4.69) is 0 Å². The highest BCUT2D eigenvalue weighted by atomic mass is 32.2. The molecule has 0 N–H and O–H groups in total. The van der Waals surface area contributed by atoms with Gasteiger partial charge in [0.25, 0.3) is 0 Å². The van der Waals surface area contributed by atoms with E-state index in [1.807, 2.05) is 6.92 Å². The van der Waals surface area contributed by atoms with E-state index in [1.165, 1.54) is 16.4 Å². The maximum atomic E-state index is 12.4. The van der Waals surface area contributed by atoms with Crippen molar-refractivity contribution in [2.24, 2.45) is 0 Å². The number of carbonyl (C=O) groups is 1. The molecule has 0 unspecified atom stereocenters. The Morgan fingerprint density at radius 1 is 1.19 bits per heavy atom. The summed E-state index contributed by atoms with van der Waals surface area (Å²) in [6, 6.07) is 6.00. The molecular formula is C15H23NO4S. The molecule has 0 heterocycles. The maximum absolute atomic E-state index is 12.4. The number of unbranched alkanes of at least 4 members (excludes halogenated alkanes) is 1. The largest absolute Gasteiger partial charge is 0.462 e. The summed E-state index contributed by atoms with van der Waals surface area (Å²) in [4.78, 5) is 12.0. The third kappa shape index (κ3) is 4.54. The molecule has 0 saturated heterocycles. The van der Waals surface area contributed by atoms with Crippen molar-refractivity contribution >= 4 is 16.0 Å². The van der Waals surface area contributed by atoms with E-state index < -0.39 is 16.0 Å². The van der Waals surface area contributed by atoms with Gasteiger partial charge in [0.15, 0.2) is 0 Å². The Morgan fingerprint density at radius 2 is 1.86 bits per heavy atom. The zero-order chi connectivity index (χ0) is 15.9. The normalized spacial score (nSPS) is 11.6. The van der Waals surface area contributed by atoms with Crippen molar-refractivity contribution in [1.29, 1.82) is 0 Å². The first-order valence-corrected chi connectivity index (χ1v) is 8.68. The summed E-state index contributed by atoms with van der Waals surface area (Å²) >= 11 is 0. The Hall–Kier alpha value is -1.40. The van der Waals surface area contributed by atoms with E-state index in [0.29, 0.717) is 19.7 Å². The van der Waals surface area contributed by atoms with Crippen LogP contribution in [0.4, 0.5) is 0 Å². The van der Waals surface area contributed by atoms with Gasteiger partial charge in [-0.1, -0.05) is 33.3 Å². The Bertz CT molecular complexity index is 565. The molecule has 0 bridgehead atoms. The zero-order valence-corrected chi connectivity index (χ0v) is 13.6. The summed E-state index contributed by atoms with van der Waals surface area (Å²) in [5.41, 5.74) is 0.263. The van der Waals surface area contributed by atoms with E-state index in [-0.39, 0.29) is 10.5 Å². The van der Waals surface area contributed by atoms with Crippen molar-refractivity contribution in [3.05, 3.63) is 29.8 Å². The molecule has 1 aromatic rings. The van der Waals surface area contributed by atoms with Crippen LogP contribution in [-0.2, 0) is 14.8 Å². The van der Waals surface area contributed by atoms with Crippen LogP contribution in [0, 0.1) is 0 Å². The number of nitrogens with zero attached hydrogens (tertiary/aromatic N) is 1. The van der Waals surface area contributed by atoms with Gasteiger partial charge < -0.3 is 4.74 Å². The smallest absolute Gasteiger partial charge is 0.338 e. The predicted molar refractivity (Wildman–Crippen MR) is 81.7 cm³/mol. The summed E-state index contributed by atoms with van der Waals surface area (Å²) in [5, 5.41) is 0. The fraction of sp³-hybridized carbons (Fsp3) is 0.533. The van der Waals surface area contributed by atoms with Gasteiger partial charge in [0.2, 0.25) is 10.0 Å². The standard InChI is InChI=1S/C15H23NO4S/c1-4-7-11-20-15(17)13-9-8-10-14(12-13)21(18,19)16(5-2)6-3/h8-10,12H,4-7,11H2,1-3H3. The minimum absolute atomic E-state index is 0.121. The van der Waals surface area contributed by atoms with Gasteiger partial charge in [-0.15, -0.1) is 0 Å².